The van der Waals surface area contributed by atoms with Gasteiger partial charge in [-0.1, -0.05) is 25.0 Å². The van der Waals surface area contributed by atoms with Gasteiger partial charge in [-0.25, -0.2) is 12.8 Å². The Morgan fingerprint density at radius 3 is 2.56 bits per heavy atom. The van der Waals surface area contributed by atoms with Gasteiger partial charge in [0, 0.05) is 12.1 Å². The molecule has 0 heterocycles. The summed E-state index contributed by atoms with van der Waals surface area (Å²) in [6, 6.07) is 4.38. The molecule has 1 aromatic carbocycles. The Kier molecular flexibility index (Phi) is 4.02. The average molecular weight is 271 g/mol. The van der Waals surface area contributed by atoms with E-state index in [-0.39, 0.29) is 23.4 Å². The number of halogens is 1. The number of hydrogen-bond acceptors (Lipinski definition) is 3. The van der Waals surface area contributed by atoms with Gasteiger partial charge >= 0.3 is 0 Å². The molecule has 0 aliphatic heterocycles. The summed E-state index contributed by atoms with van der Waals surface area (Å²) in [4.78, 5) is 0. The van der Waals surface area contributed by atoms with Crippen molar-refractivity contribution in [2.24, 2.45) is 5.73 Å². The molecule has 1 saturated carbocycles. The Morgan fingerprint density at radius 2 is 1.94 bits per heavy atom. The molecule has 2 N–H and O–H groups in total. The van der Waals surface area contributed by atoms with Crippen LogP contribution in [-0.2, 0) is 22.1 Å². The summed E-state index contributed by atoms with van der Waals surface area (Å²) in [6.07, 6.45) is 3.49. The highest BCUT2D eigenvalue weighted by Crippen LogP contribution is 2.27. The van der Waals surface area contributed by atoms with E-state index in [2.05, 4.69) is 0 Å². The lowest BCUT2D eigenvalue weighted by Gasteiger charge is -2.11. The van der Waals surface area contributed by atoms with Gasteiger partial charge < -0.3 is 5.73 Å². The van der Waals surface area contributed by atoms with Crippen molar-refractivity contribution in [1.29, 1.82) is 0 Å². The predicted octanol–water partition coefficient (Wildman–Crippen LogP) is 2.14. The molecule has 0 unspecified atom stereocenters. The van der Waals surface area contributed by atoms with Crippen LogP contribution < -0.4 is 5.73 Å². The third-order valence-electron chi connectivity index (χ3n) is 3.51. The molecule has 0 aromatic heterocycles. The molecule has 0 spiro atoms. The predicted molar refractivity (Wildman–Crippen MR) is 69.2 cm³/mol. The van der Waals surface area contributed by atoms with E-state index >= 15 is 0 Å². The van der Waals surface area contributed by atoms with E-state index in [1.54, 1.807) is 6.07 Å². The summed E-state index contributed by atoms with van der Waals surface area (Å²) in [5.41, 5.74) is 6.41. The largest absolute Gasteiger partial charge is 0.326 e. The van der Waals surface area contributed by atoms with Crippen molar-refractivity contribution < 1.29 is 12.8 Å². The smallest absolute Gasteiger partial charge is 0.157 e. The second kappa shape index (κ2) is 5.36. The normalized spacial score (nSPS) is 17.2. The van der Waals surface area contributed by atoms with Crippen molar-refractivity contribution in [3.63, 3.8) is 0 Å². The molecule has 5 heteroatoms. The van der Waals surface area contributed by atoms with E-state index in [0.29, 0.717) is 11.1 Å². The maximum absolute atomic E-state index is 13.3. The molecule has 1 aromatic rings. The SMILES string of the molecule is NCc1cc(CS(=O)(=O)C2CCCC2)ccc1F. The number of benzene rings is 1. The van der Waals surface area contributed by atoms with Gasteiger partial charge in [-0.2, -0.15) is 0 Å². The zero-order valence-electron chi connectivity index (χ0n) is 10.2. The summed E-state index contributed by atoms with van der Waals surface area (Å²) in [7, 11) is -3.11. The van der Waals surface area contributed by atoms with E-state index in [1.165, 1.54) is 12.1 Å². The van der Waals surface area contributed by atoms with Crippen LogP contribution in [0.25, 0.3) is 0 Å². The second-order valence-electron chi connectivity index (χ2n) is 4.84. The van der Waals surface area contributed by atoms with Crippen molar-refractivity contribution in [3.05, 3.63) is 35.1 Å². The Hall–Kier alpha value is -0.940. The molecule has 1 aliphatic carbocycles. The fraction of sp³-hybridized carbons (Fsp3) is 0.538. The van der Waals surface area contributed by atoms with E-state index < -0.39 is 9.84 Å². The van der Waals surface area contributed by atoms with Gasteiger partial charge in [0.15, 0.2) is 9.84 Å². The molecule has 0 amide bonds. The maximum atomic E-state index is 13.3. The molecular weight excluding hydrogens is 253 g/mol. The van der Waals surface area contributed by atoms with Gasteiger partial charge in [-0.05, 0) is 24.5 Å². The average Bonchev–Trinajstić information content (AvgIpc) is 2.85. The van der Waals surface area contributed by atoms with Gasteiger partial charge in [0.05, 0.1) is 11.0 Å². The summed E-state index contributed by atoms with van der Waals surface area (Å²) in [5.74, 6) is -0.384. The lowest BCUT2D eigenvalue weighted by molar-refractivity contribution is 0.578. The van der Waals surface area contributed by atoms with E-state index in [0.717, 1.165) is 25.7 Å². The number of rotatable bonds is 4. The first-order valence-electron chi connectivity index (χ1n) is 6.22. The van der Waals surface area contributed by atoms with Crippen molar-refractivity contribution in [1.82, 2.24) is 0 Å². The molecular formula is C13H18FNO2S. The zero-order valence-corrected chi connectivity index (χ0v) is 11.0. The highest BCUT2D eigenvalue weighted by Gasteiger charge is 2.28. The molecule has 2 rings (SSSR count). The number of nitrogens with two attached hydrogens (primary N) is 1. The maximum Gasteiger partial charge on any atom is 0.157 e. The molecule has 18 heavy (non-hydrogen) atoms. The van der Waals surface area contributed by atoms with Crippen molar-refractivity contribution >= 4 is 9.84 Å². The first-order valence-corrected chi connectivity index (χ1v) is 7.93. The van der Waals surface area contributed by atoms with Gasteiger partial charge in [0.25, 0.3) is 0 Å². The molecule has 0 bridgehead atoms. The first-order chi connectivity index (χ1) is 8.53. The number of sulfone groups is 1. The van der Waals surface area contributed by atoms with E-state index in [1.807, 2.05) is 0 Å². The minimum Gasteiger partial charge on any atom is -0.326 e. The fourth-order valence-electron chi connectivity index (χ4n) is 2.47. The van der Waals surface area contributed by atoms with Crippen LogP contribution in [-0.4, -0.2) is 13.7 Å². The molecule has 0 saturated heterocycles. The van der Waals surface area contributed by atoms with Crippen LogP contribution >= 0.6 is 0 Å². The van der Waals surface area contributed by atoms with Crippen LogP contribution in [0, 0.1) is 5.82 Å². The Labute approximate surface area is 107 Å². The standard InChI is InChI=1S/C13H18FNO2S/c14-13-6-5-10(7-11(13)8-15)9-18(16,17)12-3-1-2-4-12/h5-7,12H,1-4,8-9,15H2. The van der Waals surface area contributed by atoms with Crippen LogP contribution in [0.3, 0.4) is 0 Å². The monoisotopic (exact) mass is 271 g/mol. The van der Waals surface area contributed by atoms with Crippen molar-refractivity contribution in [3.8, 4) is 0 Å². The lowest BCUT2D eigenvalue weighted by Crippen LogP contribution is -2.19. The molecule has 1 aliphatic rings. The third kappa shape index (κ3) is 2.90. The van der Waals surface area contributed by atoms with Crippen molar-refractivity contribution in [2.75, 3.05) is 0 Å². The van der Waals surface area contributed by atoms with Gasteiger partial charge in [0.1, 0.15) is 5.82 Å². The summed E-state index contributed by atoms with van der Waals surface area (Å²) in [5, 5.41) is -0.219. The Morgan fingerprint density at radius 1 is 1.28 bits per heavy atom. The number of hydrogen-bond donors (Lipinski definition) is 1. The fourth-order valence-corrected chi connectivity index (χ4v) is 4.40. The molecule has 3 nitrogen and oxygen atoms in total. The molecule has 100 valence electrons. The van der Waals surface area contributed by atoms with Crippen LogP contribution in [0.15, 0.2) is 18.2 Å². The summed E-state index contributed by atoms with van der Waals surface area (Å²) < 4.78 is 37.6. The summed E-state index contributed by atoms with van der Waals surface area (Å²) >= 11 is 0. The highest BCUT2D eigenvalue weighted by molar-refractivity contribution is 7.91. The Balaban J connectivity index is 2.18. The molecule has 1 fully saturated rings. The minimum atomic E-state index is -3.11. The van der Waals surface area contributed by atoms with Crippen LogP contribution in [0.2, 0.25) is 0 Å². The quantitative estimate of drug-likeness (QED) is 0.912. The van der Waals surface area contributed by atoms with Crippen LogP contribution in [0.5, 0.6) is 0 Å². The van der Waals surface area contributed by atoms with Gasteiger partial charge in [-0.3, -0.25) is 0 Å². The van der Waals surface area contributed by atoms with Crippen molar-refractivity contribution in [2.45, 2.75) is 43.2 Å². The lowest BCUT2D eigenvalue weighted by atomic mass is 10.1. The van der Waals surface area contributed by atoms with Gasteiger partial charge in [0.2, 0.25) is 0 Å². The second-order valence-corrected chi connectivity index (χ2v) is 7.12. The van der Waals surface area contributed by atoms with Crippen LogP contribution in [0.4, 0.5) is 4.39 Å². The first kappa shape index (κ1) is 13.5. The molecule has 0 radical (unpaired) electrons. The Bertz CT molecular complexity index is 522. The topological polar surface area (TPSA) is 60.2 Å². The molecule has 0 atom stereocenters. The third-order valence-corrected chi connectivity index (χ3v) is 5.73. The van der Waals surface area contributed by atoms with Crippen LogP contribution in [0.1, 0.15) is 36.8 Å². The van der Waals surface area contributed by atoms with E-state index in [4.69, 9.17) is 5.73 Å². The zero-order chi connectivity index (χ0) is 13.2. The summed E-state index contributed by atoms with van der Waals surface area (Å²) in [6.45, 7) is 0.0865. The van der Waals surface area contributed by atoms with Gasteiger partial charge in [-0.15, -0.1) is 0 Å². The minimum absolute atomic E-state index is 0.00898. The highest BCUT2D eigenvalue weighted by atomic mass is 32.2. The van der Waals surface area contributed by atoms with E-state index in [9.17, 15) is 12.8 Å².